The van der Waals surface area contributed by atoms with Gasteiger partial charge in [0.2, 0.25) is 0 Å². The van der Waals surface area contributed by atoms with Crippen LogP contribution in [-0.4, -0.2) is 43.1 Å². The van der Waals surface area contributed by atoms with Crippen molar-refractivity contribution in [3.63, 3.8) is 0 Å². The molecule has 1 aliphatic rings. The number of benzene rings is 2. The number of halogens is 1. The molecule has 162 valence electrons. The summed E-state index contributed by atoms with van der Waals surface area (Å²) in [4.78, 5) is 27.7. The predicted molar refractivity (Wildman–Crippen MR) is 120 cm³/mol. The van der Waals surface area contributed by atoms with E-state index in [4.69, 9.17) is 4.74 Å². The van der Waals surface area contributed by atoms with Gasteiger partial charge in [-0.25, -0.2) is 9.18 Å². The van der Waals surface area contributed by atoms with Crippen molar-refractivity contribution in [2.45, 2.75) is 25.5 Å². The minimum absolute atomic E-state index is 0.00828. The van der Waals surface area contributed by atoms with Gasteiger partial charge in [0.05, 0.1) is 11.5 Å². The van der Waals surface area contributed by atoms with E-state index in [2.05, 4.69) is 10.6 Å². The molecular formula is C23H24FN3O3S. The summed E-state index contributed by atoms with van der Waals surface area (Å²) in [6.45, 7) is 1.23. The van der Waals surface area contributed by atoms with Crippen molar-refractivity contribution in [1.82, 2.24) is 10.2 Å². The number of rotatable bonds is 5. The number of nitrogens with zero attached hydrogens (tertiary/aromatic N) is 1. The van der Waals surface area contributed by atoms with Crippen molar-refractivity contribution in [3.05, 3.63) is 64.8 Å². The van der Waals surface area contributed by atoms with E-state index in [1.54, 1.807) is 11.0 Å². The summed E-state index contributed by atoms with van der Waals surface area (Å²) in [6.07, 6.45) is 1.32. The topological polar surface area (TPSA) is 70.7 Å². The van der Waals surface area contributed by atoms with Crippen molar-refractivity contribution >= 4 is 39.0 Å². The molecule has 1 aliphatic heterocycles. The van der Waals surface area contributed by atoms with E-state index in [-0.39, 0.29) is 30.4 Å². The minimum atomic E-state index is -0.341. The number of urea groups is 1. The van der Waals surface area contributed by atoms with Crippen molar-refractivity contribution in [3.8, 4) is 0 Å². The van der Waals surface area contributed by atoms with Crippen LogP contribution in [0, 0.1) is 5.82 Å². The van der Waals surface area contributed by atoms with Crippen LogP contribution >= 0.6 is 11.3 Å². The van der Waals surface area contributed by atoms with Crippen molar-refractivity contribution in [2.75, 3.05) is 25.5 Å². The van der Waals surface area contributed by atoms with E-state index < -0.39 is 0 Å². The normalized spacial score (nSPS) is 14.6. The van der Waals surface area contributed by atoms with Crippen LogP contribution in [0.2, 0.25) is 0 Å². The molecule has 31 heavy (non-hydrogen) atoms. The number of hydrogen-bond donors (Lipinski definition) is 2. The molecule has 0 radical (unpaired) electrons. The SMILES string of the molecule is COCc1c(C(=O)N2CCC(NC(=O)Nc3ccccc3)CC2)sc2cccc(F)c12. The second kappa shape index (κ2) is 9.45. The molecule has 1 aromatic heterocycles. The van der Waals surface area contributed by atoms with Gasteiger partial charge < -0.3 is 20.3 Å². The van der Waals surface area contributed by atoms with Crippen molar-refractivity contribution < 1.29 is 18.7 Å². The molecule has 2 heterocycles. The number of nitrogens with one attached hydrogen (secondary N) is 2. The molecule has 1 saturated heterocycles. The second-order valence-electron chi connectivity index (χ2n) is 7.49. The van der Waals surface area contributed by atoms with E-state index >= 15 is 0 Å². The van der Waals surface area contributed by atoms with Gasteiger partial charge in [0, 0.05) is 47.6 Å². The number of piperidine rings is 1. The summed E-state index contributed by atoms with van der Waals surface area (Å²) in [5, 5.41) is 6.25. The molecule has 0 saturated carbocycles. The van der Waals surface area contributed by atoms with Gasteiger partial charge in [0.1, 0.15) is 5.82 Å². The third kappa shape index (κ3) is 4.70. The molecule has 4 rings (SSSR count). The number of methoxy groups -OCH3 is 1. The lowest BCUT2D eigenvalue weighted by molar-refractivity contribution is 0.0709. The number of fused-ring (bicyclic) bond motifs is 1. The van der Waals surface area contributed by atoms with Crippen LogP contribution in [0.25, 0.3) is 10.1 Å². The maximum atomic E-state index is 14.4. The number of likely N-dealkylation sites (tertiary alicyclic amines) is 1. The Morgan fingerprint density at radius 1 is 1.13 bits per heavy atom. The van der Waals surface area contributed by atoms with E-state index in [9.17, 15) is 14.0 Å². The molecule has 3 amide bonds. The van der Waals surface area contributed by atoms with Crippen LogP contribution in [0.3, 0.4) is 0 Å². The van der Waals surface area contributed by atoms with E-state index in [0.29, 0.717) is 41.8 Å². The Morgan fingerprint density at radius 2 is 1.87 bits per heavy atom. The Kier molecular flexibility index (Phi) is 6.48. The fraction of sp³-hybridized carbons (Fsp3) is 0.304. The van der Waals surface area contributed by atoms with Gasteiger partial charge in [-0.2, -0.15) is 0 Å². The number of hydrogen-bond acceptors (Lipinski definition) is 4. The van der Waals surface area contributed by atoms with Crippen molar-refractivity contribution in [2.24, 2.45) is 0 Å². The van der Waals surface area contributed by atoms with Gasteiger partial charge in [-0.3, -0.25) is 4.79 Å². The summed E-state index contributed by atoms with van der Waals surface area (Å²) in [6, 6.07) is 13.9. The Bertz CT molecular complexity index is 1080. The van der Waals surface area contributed by atoms with Gasteiger partial charge in [0.15, 0.2) is 0 Å². The van der Waals surface area contributed by atoms with Gasteiger partial charge in [-0.15, -0.1) is 11.3 Å². The van der Waals surface area contributed by atoms with Gasteiger partial charge in [-0.05, 0) is 37.1 Å². The van der Waals surface area contributed by atoms with Crippen LogP contribution in [0.1, 0.15) is 28.1 Å². The summed E-state index contributed by atoms with van der Waals surface area (Å²) in [5.74, 6) is -0.452. The highest BCUT2D eigenvalue weighted by Gasteiger charge is 2.28. The highest BCUT2D eigenvalue weighted by Crippen LogP contribution is 2.35. The summed E-state index contributed by atoms with van der Waals surface area (Å²) >= 11 is 1.30. The number of amides is 3. The number of para-hydroxylation sites is 1. The minimum Gasteiger partial charge on any atom is -0.380 e. The van der Waals surface area contributed by atoms with Crippen LogP contribution < -0.4 is 10.6 Å². The van der Waals surface area contributed by atoms with Crippen LogP contribution in [0.5, 0.6) is 0 Å². The smallest absolute Gasteiger partial charge is 0.319 e. The molecule has 0 aliphatic carbocycles. The van der Waals surface area contributed by atoms with Gasteiger partial charge in [-0.1, -0.05) is 24.3 Å². The first-order chi connectivity index (χ1) is 15.1. The Labute approximate surface area is 184 Å². The third-order valence-corrected chi connectivity index (χ3v) is 6.58. The monoisotopic (exact) mass is 441 g/mol. The highest BCUT2D eigenvalue weighted by molar-refractivity contribution is 7.21. The largest absolute Gasteiger partial charge is 0.380 e. The fourth-order valence-electron chi connectivity index (χ4n) is 3.87. The standard InChI is InChI=1S/C23H24FN3O3S/c1-30-14-17-20-18(24)8-5-9-19(20)31-21(17)22(28)27-12-10-16(11-13-27)26-23(29)25-15-6-3-2-4-7-15/h2-9,16H,10-14H2,1H3,(H2,25,26,29). The summed E-state index contributed by atoms with van der Waals surface area (Å²) in [5.41, 5.74) is 1.34. The summed E-state index contributed by atoms with van der Waals surface area (Å²) in [7, 11) is 1.54. The Morgan fingerprint density at radius 3 is 2.58 bits per heavy atom. The quantitative estimate of drug-likeness (QED) is 0.607. The lowest BCUT2D eigenvalue weighted by Crippen LogP contribution is -2.47. The second-order valence-corrected chi connectivity index (χ2v) is 8.54. The predicted octanol–water partition coefficient (Wildman–Crippen LogP) is 4.61. The lowest BCUT2D eigenvalue weighted by Gasteiger charge is -2.32. The van der Waals surface area contributed by atoms with Crippen LogP contribution in [0.4, 0.5) is 14.9 Å². The number of thiophene rings is 1. The first kappa shape index (κ1) is 21.3. The molecule has 3 aromatic rings. The average Bonchev–Trinajstić information content (AvgIpc) is 3.14. The zero-order chi connectivity index (χ0) is 21.8. The van der Waals surface area contributed by atoms with Crippen LogP contribution in [-0.2, 0) is 11.3 Å². The molecule has 0 atom stereocenters. The van der Waals surface area contributed by atoms with Gasteiger partial charge >= 0.3 is 6.03 Å². The van der Waals surface area contributed by atoms with Gasteiger partial charge in [0.25, 0.3) is 5.91 Å². The van der Waals surface area contributed by atoms with Crippen molar-refractivity contribution in [1.29, 1.82) is 0 Å². The maximum Gasteiger partial charge on any atom is 0.319 e. The van der Waals surface area contributed by atoms with E-state index in [1.165, 1.54) is 24.5 Å². The molecule has 6 nitrogen and oxygen atoms in total. The zero-order valence-corrected chi connectivity index (χ0v) is 18.0. The highest BCUT2D eigenvalue weighted by atomic mass is 32.1. The molecule has 0 bridgehead atoms. The van der Waals surface area contributed by atoms with E-state index in [0.717, 1.165) is 10.4 Å². The molecule has 2 aromatic carbocycles. The molecule has 2 N–H and O–H groups in total. The lowest BCUT2D eigenvalue weighted by atomic mass is 10.0. The average molecular weight is 442 g/mol. The number of ether oxygens (including phenoxy) is 1. The molecule has 0 spiro atoms. The van der Waals surface area contributed by atoms with E-state index in [1.807, 2.05) is 36.4 Å². The summed E-state index contributed by atoms with van der Waals surface area (Å²) < 4.78 is 20.4. The number of anilines is 1. The molecular weight excluding hydrogens is 417 g/mol. The Hall–Kier alpha value is -2.97. The number of carbonyl (C=O) groups excluding carboxylic acids is 2. The molecule has 8 heteroatoms. The first-order valence-electron chi connectivity index (χ1n) is 10.2. The maximum absolute atomic E-state index is 14.4. The molecule has 0 unspecified atom stereocenters. The first-order valence-corrected chi connectivity index (χ1v) is 11.0. The fourth-order valence-corrected chi connectivity index (χ4v) is 5.06. The Balaban J connectivity index is 1.40. The zero-order valence-electron chi connectivity index (χ0n) is 17.2. The van der Waals surface area contributed by atoms with Crippen LogP contribution in [0.15, 0.2) is 48.5 Å². The number of carbonyl (C=O) groups is 2. The molecule has 1 fully saturated rings. The third-order valence-electron chi connectivity index (χ3n) is 5.40.